The lowest BCUT2D eigenvalue weighted by Crippen LogP contribution is -2.43. The number of hydrogen-bond donors (Lipinski definition) is 0. The fourth-order valence-corrected chi connectivity index (χ4v) is 4.69. The molecule has 0 aliphatic carbocycles. The second-order valence-electron chi connectivity index (χ2n) is 8.68. The van der Waals surface area contributed by atoms with Gasteiger partial charge in [-0.1, -0.05) is 35.9 Å². The van der Waals surface area contributed by atoms with Gasteiger partial charge >= 0.3 is 0 Å². The molecule has 2 aromatic carbocycles. The Labute approximate surface area is 198 Å². The Balaban J connectivity index is 1.44. The van der Waals surface area contributed by atoms with Crippen LogP contribution in [0.25, 0.3) is 0 Å². The van der Waals surface area contributed by atoms with Crippen molar-refractivity contribution >= 4 is 11.8 Å². The zero-order valence-electron chi connectivity index (χ0n) is 19.2. The minimum absolute atomic E-state index is 0.0249. The number of morpholine rings is 1. The molecule has 2 amide bonds. The summed E-state index contributed by atoms with van der Waals surface area (Å²) in [7, 11) is 0. The van der Waals surface area contributed by atoms with Crippen molar-refractivity contribution in [2.75, 3.05) is 39.5 Å². The van der Waals surface area contributed by atoms with Crippen LogP contribution in [0.3, 0.4) is 0 Å². The van der Waals surface area contributed by atoms with Gasteiger partial charge in [0.15, 0.2) is 12.4 Å². The molecule has 1 saturated heterocycles. The van der Waals surface area contributed by atoms with Gasteiger partial charge in [-0.2, -0.15) is 0 Å². The summed E-state index contributed by atoms with van der Waals surface area (Å²) in [6.45, 7) is 4.90. The van der Waals surface area contributed by atoms with Crippen LogP contribution in [0.2, 0.25) is 0 Å². The first-order chi connectivity index (χ1) is 16.6. The average Bonchev–Trinajstić information content (AvgIpc) is 3.41. The van der Waals surface area contributed by atoms with E-state index in [4.69, 9.17) is 13.9 Å². The van der Waals surface area contributed by atoms with Crippen LogP contribution >= 0.6 is 0 Å². The molecule has 176 valence electrons. The van der Waals surface area contributed by atoms with Crippen molar-refractivity contribution in [2.45, 2.75) is 19.4 Å². The molecule has 34 heavy (non-hydrogen) atoms. The highest BCUT2D eigenvalue weighted by Crippen LogP contribution is 2.38. The number of rotatable bonds is 5. The summed E-state index contributed by atoms with van der Waals surface area (Å²) in [5.74, 6) is 0.747. The number of ether oxygens (including phenoxy) is 2. The maximum absolute atomic E-state index is 13.4. The topological polar surface area (TPSA) is 72.2 Å². The first-order valence-electron chi connectivity index (χ1n) is 11.6. The Morgan fingerprint density at radius 2 is 1.88 bits per heavy atom. The first-order valence-corrected chi connectivity index (χ1v) is 11.6. The van der Waals surface area contributed by atoms with Gasteiger partial charge in [-0.3, -0.25) is 9.59 Å². The molecule has 0 N–H and O–H groups in total. The number of amides is 2. The van der Waals surface area contributed by atoms with Gasteiger partial charge in [0.1, 0.15) is 5.75 Å². The summed E-state index contributed by atoms with van der Waals surface area (Å²) >= 11 is 0. The van der Waals surface area contributed by atoms with Crippen molar-refractivity contribution in [3.05, 3.63) is 88.9 Å². The summed E-state index contributed by atoms with van der Waals surface area (Å²) in [4.78, 5) is 29.5. The van der Waals surface area contributed by atoms with Crippen LogP contribution in [-0.2, 0) is 16.0 Å². The van der Waals surface area contributed by atoms with Crippen LogP contribution in [0.1, 0.15) is 38.9 Å². The molecule has 0 spiro atoms. The minimum Gasteiger partial charge on any atom is -0.484 e. The highest BCUT2D eigenvalue weighted by Gasteiger charge is 2.34. The number of carbonyl (C=O) groups is 2. The second kappa shape index (κ2) is 9.73. The van der Waals surface area contributed by atoms with E-state index in [2.05, 4.69) is 6.07 Å². The molecule has 1 atom stereocenters. The first kappa shape index (κ1) is 22.2. The van der Waals surface area contributed by atoms with Gasteiger partial charge in [-0.05, 0) is 54.3 Å². The molecule has 7 heteroatoms. The molecule has 1 aromatic heterocycles. The van der Waals surface area contributed by atoms with E-state index >= 15 is 0 Å². The molecule has 0 bridgehead atoms. The van der Waals surface area contributed by atoms with Crippen LogP contribution in [0.5, 0.6) is 5.75 Å². The van der Waals surface area contributed by atoms with E-state index in [9.17, 15) is 9.59 Å². The molecule has 5 rings (SSSR count). The lowest BCUT2D eigenvalue weighted by Gasteiger charge is -2.37. The molecule has 2 aliphatic rings. The molecule has 3 aromatic rings. The fraction of sp³-hybridized carbons (Fsp3) is 0.333. The van der Waals surface area contributed by atoms with E-state index in [1.165, 1.54) is 11.8 Å². The smallest absolute Gasteiger partial charge is 0.290 e. The normalized spacial score (nSPS) is 17.9. The van der Waals surface area contributed by atoms with Gasteiger partial charge in [-0.15, -0.1) is 0 Å². The van der Waals surface area contributed by atoms with Crippen molar-refractivity contribution in [3.8, 4) is 5.75 Å². The zero-order valence-corrected chi connectivity index (χ0v) is 19.2. The van der Waals surface area contributed by atoms with Crippen molar-refractivity contribution in [2.24, 2.45) is 0 Å². The molecule has 0 radical (unpaired) electrons. The molecule has 7 nitrogen and oxygen atoms in total. The average molecular weight is 461 g/mol. The van der Waals surface area contributed by atoms with Gasteiger partial charge in [0.05, 0.1) is 25.5 Å². The number of fused-ring (bicyclic) bond motifs is 1. The van der Waals surface area contributed by atoms with Crippen LogP contribution in [-0.4, -0.2) is 61.1 Å². The SMILES string of the molecule is Cc1cccc(C2c3cc(OCC(=O)N4CCOCC4)ccc3CCN2C(=O)c2ccco2)c1. The van der Waals surface area contributed by atoms with E-state index in [-0.39, 0.29) is 24.5 Å². The van der Waals surface area contributed by atoms with E-state index in [0.717, 1.165) is 23.1 Å². The third kappa shape index (κ3) is 4.56. The quantitative estimate of drug-likeness (QED) is 0.582. The van der Waals surface area contributed by atoms with E-state index in [0.29, 0.717) is 44.4 Å². The summed E-state index contributed by atoms with van der Waals surface area (Å²) in [6.07, 6.45) is 2.25. The summed E-state index contributed by atoms with van der Waals surface area (Å²) in [5, 5.41) is 0. The number of hydrogen-bond acceptors (Lipinski definition) is 5. The van der Waals surface area contributed by atoms with Gasteiger partial charge < -0.3 is 23.7 Å². The largest absolute Gasteiger partial charge is 0.484 e. The van der Waals surface area contributed by atoms with Gasteiger partial charge in [0.25, 0.3) is 11.8 Å². The summed E-state index contributed by atoms with van der Waals surface area (Å²) in [6, 6.07) is 17.3. The van der Waals surface area contributed by atoms with Crippen molar-refractivity contribution in [1.82, 2.24) is 9.80 Å². The molecule has 3 heterocycles. The zero-order chi connectivity index (χ0) is 23.5. The molecule has 1 unspecified atom stereocenters. The van der Waals surface area contributed by atoms with Crippen LogP contribution in [0.4, 0.5) is 0 Å². The molecular weight excluding hydrogens is 432 g/mol. The predicted molar refractivity (Wildman–Crippen MR) is 126 cm³/mol. The van der Waals surface area contributed by atoms with E-state index < -0.39 is 0 Å². The predicted octanol–water partition coefficient (Wildman–Crippen LogP) is 3.61. The van der Waals surface area contributed by atoms with Crippen LogP contribution < -0.4 is 4.74 Å². The Morgan fingerprint density at radius 1 is 1.03 bits per heavy atom. The lowest BCUT2D eigenvalue weighted by atomic mass is 9.87. The van der Waals surface area contributed by atoms with E-state index in [1.807, 2.05) is 48.2 Å². The Bertz CT molecular complexity index is 1170. The molecule has 0 saturated carbocycles. The second-order valence-corrected chi connectivity index (χ2v) is 8.68. The number of furan rings is 1. The Morgan fingerprint density at radius 3 is 2.65 bits per heavy atom. The van der Waals surface area contributed by atoms with Gasteiger partial charge in [0, 0.05) is 19.6 Å². The standard InChI is InChI=1S/C27H28N2O5/c1-19-4-2-5-21(16-19)26-23-17-22(34-18-25(30)28-11-14-32-15-12-28)8-7-20(23)9-10-29(26)27(31)24-6-3-13-33-24/h2-8,13,16-17,26H,9-12,14-15,18H2,1H3. The van der Waals surface area contributed by atoms with Gasteiger partial charge in [0.2, 0.25) is 0 Å². The summed E-state index contributed by atoms with van der Waals surface area (Å²) < 4.78 is 16.7. The van der Waals surface area contributed by atoms with Gasteiger partial charge in [-0.25, -0.2) is 0 Å². The van der Waals surface area contributed by atoms with Crippen LogP contribution in [0.15, 0.2) is 65.3 Å². The van der Waals surface area contributed by atoms with Crippen LogP contribution in [0, 0.1) is 6.92 Å². The highest BCUT2D eigenvalue weighted by atomic mass is 16.5. The molecule has 2 aliphatic heterocycles. The molecule has 1 fully saturated rings. The van der Waals surface area contributed by atoms with Crippen molar-refractivity contribution in [3.63, 3.8) is 0 Å². The lowest BCUT2D eigenvalue weighted by molar-refractivity contribution is -0.137. The Kier molecular flexibility index (Phi) is 6.36. The van der Waals surface area contributed by atoms with Crippen molar-refractivity contribution in [1.29, 1.82) is 0 Å². The minimum atomic E-state index is -0.278. The van der Waals surface area contributed by atoms with Crippen molar-refractivity contribution < 1.29 is 23.5 Å². The summed E-state index contributed by atoms with van der Waals surface area (Å²) in [5.41, 5.74) is 4.33. The third-order valence-electron chi connectivity index (χ3n) is 6.42. The van der Waals surface area contributed by atoms with E-state index in [1.54, 1.807) is 17.0 Å². The number of aryl methyl sites for hydroxylation is 1. The molecular formula is C27H28N2O5. The fourth-order valence-electron chi connectivity index (χ4n) is 4.69. The number of benzene rings is 2. The maximum atomic E-state index is 13.4. The highest BCUT2D eigenvalue weighted by molar-refractivity contribution is 5.92. The number of carbonyl (C=O) groups excluding carboxylic acids is 2. The monoisotopic (exact) mass is 460 g/mol. The maximum Gasteiger partial charge on any atom is 0.290 e. The third-order valence-corrected chi connectivity index (χ3v) is 6.42. The number of nitrogens with zero attached hydrogens (tertiary/aromatic N) is 2. The Hall–Kier alpha value is -3.58.